The van der Waals surface area contributed by atoms with Crippen molar-refractivity contribution in [3.63, 3.8) is 0 Å². The van der Waals surface area contributed by atoms with E-state index in [2.05, 4.69) is 4.98 Å². The number of alkyl halides is 3. The fourth-order valence-electron chi connectivity index (χ4n) is 6.30. The van der Waals surface area contributed by atoms with Crippen LogP contribution in [0, 0.1) is 23.4 Å². The summed E-state index contributed by atoms with van der Waals surface area (Å²) in [5.74, 6) is -5.89. The van der Waals surface area contributed by atoms with E-state index in [9.17, 15) is 22.7 Å². The number of aromatic amines is 1. The van der Waals surface area contributed by atoms with Crippen LogP contribution in [0.25, 0.3) is 10.9 Å². The van der Waals surface area contributed by atoms with Crippen LogP contribution < -0.4 is 0 Å². The minimum Gasteiger partial charge on any atom is -0.390 e. The Morgan fingerprint density at radius 1 is 1.12 bits per heavy atom. The summed E-state index contributed by atoms with van der Waals surface area (Å²) >= 11 is 0. The number of hydrogen-bond acceptors (Lipinski definition) is 4. The maximum absolute atomic E-state index is 16.0. The van der Waals surface area contributed by atoms with Crippen LogP contribution >= 0.6 is 0 Å². The number of aliphatic hydroxyl groups is 1. The molecule has 2 aliphatic rings. The number of likely N-dealkylation sites (tertiary alicyclic amines) is 1. The fourth-order valence-corrected chi connectivity index (χ4v) is 6.30. The molecule has 5 rings (SSSR count). The van der Waals surface area contributed by atoms with Crippen molar-refractivity contribution in [2.24, 2.45) is 5.92 Å². The quantitative estimate of drug-likeness (QED) is 0.316. The Kier molecular flexibility index (Phi) is 8.20. The molecule has 2 N–H and O–H groups in total. The molecule has 0 spiro atoms. The summed E-state index contributed by atoms with van der Waals surface area (Å²) in [4.78, 5) is 6.43. The van der Waals surface area contributed by atoms with E-state index < -0.39 is 67.0 Å². The van der Waals surface area contributed by atoms with Crippen LogP contribution in [0.1, 0.15) is 47.9 Å². The summed E-state index contributed by atoms with van der Waals surface area (Å²) in [6.07, 6.45) is 0.0484. The van der Waals surface area contributed by atoms with E-state index >= 15 is 8.78 Å². The zero-order valence-electron chi connectivity index (χ0n) is 22.4. The number of aliphatic hydroxyl groups excluding tert-OH is 1. The van der Waals surface area contributed by atoms with Crippen molar-refractivity contribution >= 4 is 10.9 Å². The molecular weight excluding hydrogens is 536 g/mol. The molecule has 1 aromatic heterocycles. The van der Waals surface area contributed by atoms with Gasteiger partial charge in [-0.15, -0.1) is 0 Å². The molecule has 0 aliphatic carbocycles. The molecule has 0 bridgehead atoms. The standard InChI is InChI=1S/C29H33F6N3O2/c1-16-8-21-20-11-19(31)4-5-24(20)36-26(21)27(38(16)14-29(34,35)15-39)25-22(32)9-17(10-23(25)33)28(40-2)18-12-37(13-18)7-3-6-30/h4-5,9-11,16,18,27-28,36,39H,3,6-8,12-15H2,1-2H3/t16-,27-,28+/m1/s1. The van der Waals surface area contributed by atoms with Gasteiger partial charge in [-0.3, -0.25) is 9.29 Å². The summed E-state index contributed by atoms with van der Waals surface area (Å²) in [5.41, 5.74) is 1.31. The molecule has 0 radical (unpaired) electrons. The normalized spacial score (nSPS) is 21.5. The maximum Gasteiger partial charge on any atom is 0.283 e. The van der Waals surface area contributed by atoms with Gasteiger partial charge in [-0.1, -0.05) is 0 Å². The lowest BCUT2D eigenvalue weighted by Gasteiger charge is -2.43. The molecule has 3 heterocycles. The van der Waals surface area contributed by atoms with Gasteiger partial charge in [-0.2, -0.15) is 0 Å². The van der Waals surface area contributed by atoms with Crippen molar-refractivity contribution in [3.8, 4) is 0 Å². The monoisotopic (exact) mass is 569 g/mol. The van der Waals surface area contributed by atoms with E-state index in [1.165, 1.54) is 42.3 Å². The molecule has 3 aromatic rings. The predicted octanol–water partition coefficient (Wildman–Crippen LogP) is 5.53. The second-order valence-electron chi connectivity index (χ2n) is 11.0. The molecule has 11 heteroatoms. The topological polar surface area (TPSA) is 51.7 Å². The lowest BCUT2D eigenvalue weighted by Crippen LogP contribution is -2.50. The largest absolute Gasteiger partial charge is 0.390 e. The highest BCUT2D eigenvalue weighted by molar-refractivity contribution is 5.85. The molecule has 3 atom stereocenters. The highest BCUT2D eigenvalue weighted by atomic mass is 19.3. The first-order valence-electron chi connectivity index (χ1n) is 13.4. The van der Waals surface area contributed by atoms with E-state index in [-0.39, 0.29) is 17.9 Å². The van der Waals surface area contributed by atoms with Crippen LogP contribution in [0.5, 0.6) is 0 Å². The third-order valence-corrected chi connectivity index (χ3v) is 8.20. The van der Waals surface area contributed by atoms with Crippen molar-refractivity contribution in [1.29, 1.82) is 0 Å². The molecule has 218 valence electrons. The molecule has 0 saturated carbocycles. The number of ether oxygens (including phenoxy) is 1. The number of methoxy groups -OCH3 is 1. The maximum atomic E-state index is 16.0. The van der Waals surface area contributed by atoms with Gasteiger partial charge in [0.2, 0.25) is 0 Å². The van der Waals surface area contributed by atoms with Gasteiger partial charge in [0, 0.05) is 60.9 Å². The van der Waals surface area contributed by atoms with E-state index in [0.29, 0.717) is 48.2 Å². The molecular formula is C29H33F6N3O2. The molecule has 0 amide bonds. The number of nitrogens with zero attached hydrogens (tertiary/aromatic N) is 2. The van der Waals surface area contributed by atoms with Gasteiger partial charge in [0.25, 0.3) is 5.92 Å². The van der Waals surface area contributed by atoms with Crippen molar-refractivity contribution in [2.45, 2.75) is 43.9 Å². The minimum absolute atomic E-state index is 0.0427. The van der Waals surface area contributed by atoms with Gasteiger partial charge in [-0.05, 0) is 61.2 Å². The average molecular weight is 570 g/mol. The summed E-state index contributed by atoms with van der Waals surface area (Å²) < 4.78 is 93.2. The summed E-state index contributed by atoms with van der Waals surface area (Å²) in [6.45, 7) is 0.688. The third kappa shape index (κ3) is 5.36. The first-order valence-corrected chi connectivity index (χ1v) is 13.4. The van der Waals surface area contributed by atoms with Crippen molar-refractivity contribution in [2.75, 3.05) is 46.6 Å². The van der Waals surface area contributed by atoms with E-state index in [1.807, 2.05) is 4.90 Å². The first-order chi connectivity index (χ1) is 19.1. The summed E-state index contributed by atoms with van der Waals surface area (Å²) in [5, 5.41) is 9.81. The molecule has 0 unspecified atom stereocenters. The summed E-state index contributed by atoms with van der Waals surface area (Å²) in [6, 6.07) is 4.56. The smallest absolute Gasteiger partial charge is 0.283 e. The van der Waals surface area contributed by atoms with Crippen LogP contribution in [-0.4, -0.2) is 78.4 Å². The van der Waals surface area contributed by atoms with Crippen molar-refractivity contribution in [1.82, 2.24) is 14.8 Å². The van der Waals surface area contributed by atoms with Gasteiger partial charge in [0.05, 0.1) is 25.4 Å². The Bertz CT molecular complexity index is 1340. The zero-order chi connectivity index (χ0) is 28.8. The SMILES string of the molecule is CO[C@@H](c1cc(F)c([C@@H]2c3[nH]c4ccc(F)cc4c3C[C@@H](C)N2CC(F)(F)CO)c(F)c1)C1CN(CCCF)C1. The highest BCUT2D eigenvalue weighted by Crippen LogP contribution is 2.44. The molecule has 1 saturated heterocycles. The number of fused-ring (bicyclic) bond motifs is 3. The average Bonchev–Trinajstić information content (AvgIpc) is 3.23. The number of H-pyrrole nitrogens is 1. The number of halogens is 6. The third-order valence-electron chi connectivity index (χ3n) is 8.20. The molecule has 2 aromatic carbocycles. The summed E-state index contributed by atoms with van der Waals surface area (Å²) in [7, 11) is 1.45. The minimum atomic E-state index is -3.52. The molecule has 1 fully saturated rings. The van der Waals surface area contributed by atoms with Gasteiger partial charge in [0.1, 0.15) is 24.1 Å². The van der Waals surface area contributed by atoms with Crippen LogP contribution in [0.3, 0.4) is 0 Å². The highest BCUT2D eigenvalue weighted by Gasteiger charge is 2.44. The van der Waals surface area contributed by atoms with E-state index in [0.717, 1.165) is 0 Å². The van der Waals surface area contributed by atoms with Crippen molar-refractivity contribution in [3.05, 3.63) is 70.2 Å². The Hall–Kier alpha value is -2.60. The van der Waals surface area contributed by atoms with Crippen LogP contribution in [0.2, 0.25) is 0 Å². The molecule has 5 nitrogen and oxygen atoms in total. The number of hydrogen-bond donors (Lipinski definition) is 2. The first kappa shape index (κ1) is 28.9. The predicted molar refractivity (Wildman–Crippen MR) is 139 cm³/mol. The fraction of sp³-hybridized carbons (Fsp3) is 0.517. The van der Waals surface area contributed by atoms with E-state index in [4.69, 9.17) is 4.74 Å². The lowest BCUT2D eigenvalue weighted by atomic mass is 9.85. The van der Waals surface area contributed by atoms with Crippen molar-refractivity contribution < 1.29 is 36.2 Å². The van der Waals surface area contributed by atoms with Gasteiger partial charge >= 0.3 is 0 Å². The Labute approximate surface area is 228 Å². The number of rotatable bonds is 10. The van der Waals surface area contributed by atoms with Crippen LogP contribution in [0.15, 0.2) is 30.3 Å². The van der Waals surface area contributed by atoms with Crippen LogP contribution in [-0.2, 0) is 11.2 Å². The van der Waals surface area contributed by atoms with E-state index in [1.54, 1.807) is 6.92 Å². The van der Waals surface area contributed by atoms with Gasteiger partial charge in [-0.25, -0.2) is 22.0 Å². The molecule has 2 aliphatic heterocycles. The Balaban J connectivity index is 1.56. The zero-order valence-corrected chi connectivity index (χ0v) is 22.4. The second-order valence-corrected chi connectivity index (χ2v) is 11.0. The number of benzene rings is 2. The Morgan fingerprint density at radius 2 is 1.82 bits per heavy atom. The second kappa shape index (κ2) is 11.3. The van der Waals surface area contributed by atoms with Crippen LogP contribution in [0.4, 0.5) is 26.3 Å². The number of aromatic nitrogens is 1. The molecule has 40 heavy (non-hydrogen) atoms. The van der Waals surface area contributed by atoms with Gasteiger partial charge < -0.3 is 19.7 Å². The lowest BCUT2D eigenvalue weighted by molar-refractivity contribution is -0.0869. The van der Waals surface area contributed by atoms with Gasteiger partial charge in [0.15, 0.2) is 0 Å². The Morgan fingerprint density at radius 3 is 2.45 bits per heavy atom. The number of nitrogens with one attached hydrogen (secondary N) is 1.